The van der Waals surface area contributed by atoms with E-state index in [1.165, 1.54) is 27.7 Å². The molecular formula is C46H31N5. The maximum absolute atomic E-state index is 5.13. The van der Waals surface area contributed by atoms with Crippen LogP contribution in [0.15, 0.2) is 170 Å². The van der Waals surface area contributed by atoms with Gasteiger partial charge in [-0.25, -0.2) is 4.98 Å². The highest BCUT2D eigenvalue weighted by atomic mass is 15.2. The lowest BCUT2D eigenvalue weighted by Gasteiger charge is -2.12. The van der Waals surface area contributed by atoms with E-state index in [2.05, 4.69) is 131 Å². The monoisotopic (exact) mass is 653 g/mol. The molecule has 0 spiro atoms. The van der Waals surface area contributed by atoms with Crippen molar-refractivity contribution in [1.29, 1.82) is 0 Å². The van der Waals surface area contributed by atoms with Crippen LogP contribution in [0.2, 0.25) is 0 Å². The van der Waals surface area contributed by atoms with Gasteiger partial charge in [-0.1, -0.05) is 146 Å². The van der Waals surface area contributed by atoms with E-state index in [1.54, 1.807) is 0 Å². The third-order valence-corrected chi connectivity index (χ3v) is 9.87. The molecule has 1 unspecified atom stereocenters. The molecule has 1 atom stereocenters. The first kappa shape index (κ1) is 29.1. The summed E-state index contributed by atoms with van der Waals surface area (Å²) >= 11 is 0. The van der Waals surface area contributed by atoms with Crippen LogP contribution in [0.5, 0.6) is 0 Å². The van der Waals surface area contributed by atoms with E-state index in [9.17, 15) is 0 Å². The standard InChI is InChI=1S/C46H31N5/c1-4-14-32(15-5-1)44-47-45(33-16-6-2-7-17-33)49-46(48-44)51-41-23-13-11-21-37(41)39-28-25-34(30-43(39)51)31-24-27-38-36-20-10-12-22-40(36)50(42(38)29-26-31)35-18-8-3-9-19-35/h1-31H. The lowest BCUT2D eigenvalue weighted by atomic mass is 9.97. The summed E-state index contributed by atoms with van der Waals surface area (Å²) in [7, 11) is 0. The van der Waals surface area contributed by atoms with Crippen LogP contribution in [0.3, 0.4) is 0 Å². The van der Waals surface area contributed by atoms with Crippen LogP contribution in [0.1, 0.15) is 22.7 Å². The Morgan fingerprint density at radius 3 is 1.67 bits per heavy atom. The first-order valence-corrected chi connectivity index (χ1v) is 17.3. The molecule has 1 aliphatic rings. The summed E-state index contributed by atoms with van der Waals surface area (Å²) in [5, 5.41) is 3.56. The van der Waals surface area contributed by atoms with Crippen molar-refractivity contribution in [3.8, 4) is 34.4 Å². The van der Waals surface area contributed by atoms with Gasteiger partial charge in [-0.3, -0.25) is 4.57 Å². The third kappa shape index (κ3) is 4.90. The minimum Gasteiger partial charge on any atom is -0.309 e. The molecule has 1 aliphatic carbocycles. The summed E-state index contributed by atoms with van der Waals surface area (Å²) < 4.78 is 4.56. The zero-order valence-corrected chi connectivity index (χ0v) is 27.6. The van der Waals surface area contributed by atoms with Crippen molar-refractivity contribution in [2.45, 2.75) is 5.92 Å². The molecule has 0 amide bonds. The summed E-state index contributed by atoms with van der Waals surface area (Å²) in [6, 6.07) is 54.9. The first-order valence-electron chi connectivity index (χ1n) is 17.3. The molecular weight excluding hydrogens is 623 g/mol. The summed E-state index contributed by atoms with van der Waals surface area (Å²) in [5.74, 6) is 1.93. The maximum atomic E-state index is 5.13. The topological polar surface area (TPSA) is 48.5 Å². The number of fused-ring (bicyclic) bond motifs is 6. The van der Waals surface area contributed by atoms with Gasteiger partial charge >= 0.3 is 0 Å². The van der Waals surface area contributed by atoms with Crippen LogP contribution in [-0.4, -0.2) is 24.1 Å². The Kier molecular flexibility index (Phi) is 6.81. The molecule has 0 saturated heterocycles. The molecule has 6 aromatic carbocycles. The number of hydrogen-bond donors (Lipinski definition) is 0. The number of nitrogens with zero attached hydrogens (tertiary/aromatic N) is 5. The fourth-order valence-electron chi connectivity index (χ4n) is 7.47. The van der Waals surface area contributed by atoms with Crippen LogP contribution in [0, 0.1) is 0 Å². The molecule has 51 heavy (non-hydrogen) atoms. The van der Waals surface area contributed by atoms with Crippen molar-refractivity contribution in [3.05, 3.63) is 187 Å². The zero-order valence-electron chi connectivity index (χ0n) is 27.6. The molecule has 5 heteroatoms. The van der Waals surface area contributed by atoms with E-state index < -0.39 is 0 Å². The SMILES string of the molecule is C1=CC(c2ccc3c4ccccc4n(-c4nc(-c5ccccc5)nc(-c5ccccc5)n4)c3c2)C=Cc2c1c1ccccc1n2-c1ccccc1. The third-order valence-electron chi connectivity index (χ3n) is 9.87. The Morgan fingerprint density at radius 2 is 0.980 bits per heavy atom. The van der Waals surface area contributed by atoms with Gasteiger partial charge in [0, 0.05) is 44.5 Å². The van der Waals surface area contributed by atoms with Crippen molar-refractivity contribution in [2.24, 2.45) is 0 Å². The number of rotatable bonds is 5. The number of benzene rings is 6. The van der Waals surface area contributed by atoms with E-state index in [-0.39, 0.29) is 5.92 Å². The molecule has 0 radical (unpaired) electrons. The second kappa shape index (κ2) is 11.9. The average Bonchev–Trinajstić information content (AvgIpc) is 3.61. The van der Waals surface area contributed by atoms with Crippen LogP contribution < -0.4 is 0 Å². The van der Waals surface area contributed by atoms with Crippen molar-refractivity contribution < 1.29 is 0 Å². The molecule has 240 valence electrons. The van der Waals surface area contributed by atoms with E-state index in [1.807, 2.05) is 60.7 Å². The number of allylic oxidation sites excluding steroid dienone is 2. The van der Waals surface area contributed by atoms with Gasteiger partial charge < -0.3 is 4.57 Å². The van der Waals surface area contributed by atoms with E-state index in [4.69, 9.17) is 15.0 Å². The van der Waals surface area contributed by atoms with Gasteiger partial charge in [-0.2, -0.15) is 9.97 Å². The fraction of sp³-hybridized carbons (Fsp3) is 0.0217. The summed E-state index contributed by atoms with van der Waals surface area (Å²) in [6.07, 6.45) is 9.23. The molecule has 5 nitrogen and oxygen atoms in total. The second-order valence-electron chi connectivity index (χ2n) is 12.9. The normalized spacial score (nSPS) is 13.9. The first-order chi connectivity index (χ1) is 25.3. The van der Waals surface area contributed by atoms with Gasteiger partial charge in [0.05, 0.1) is 22.2 Å². The predicted molar refractivity (Wildman–Crippen MR) is 209 cm³/mol. The highest BCUT2D eigenvalue weighted by Crippen LogP contribution is 2.38. The van der Waals surface area contributed by atoms with Crippen LogP contribution in [0.4, 0.5) is 0 Å². The van der Waals surface area contributed by atoms with Gasteiger partial charge in [0.2, 0.25) is 5.95 Å². The minimum atomic E-state index is 0.0642. The average molecular weight is 654 g/mol. The summed E-state index contributed by atoms with van der Waals surface area (Å²) in [5.41, 5.74) is 9.96. The minimum absolute atomic E-state index is 0.0642. The number of hydrogen-bond acceptors (Lipinski definition) is 3. The Hall–Kier alpha value is -6.85. The van der Waals surface area contributed by atoms with Gasteiger partial charge in [-0.15, -0.1) is 0 Å². The highest BCUT2D eigenvalue weighted by molar-refractivity contribution is 6.09. The van der Waals surface area contributed by atoms with Gasteiger partial charge in [0.15, 0.2) is 11.6 Å². The highest BCUT2D eigenvalue weighted by Gasteiger charge is 2.21. The quantitative estimate of drug-likeness (QED) is 0.186. The Labute approximate surface area is 295 Å². The smallest absolute Gasteiger partial charge is 0.238 e. The van der Waals surface area contributed by atoms with Crippen molar-refractivity contribution in [3.63, 3.8) is 0 Å². The van der Waals surface area contributed by atoms with Crippen LogP contribution >= 0.6 is 0 Å². The second-order valence-corrected chi connectivity index (χ2v) is 12.9. The molecule has 0 bridgehead atoms. The molecule has 0 fully saturated rings. The lowest BCUT2D eigenvalue weighted by molar-refractivity contribution is 0.952. The van der Waals surface area contributed by atoms with E-state index in [0.29, 0.717) is 17.6 Å². The maximum Gasteiger partial charge on any atom is 0.238 e. The fourth-order valence-corrected chi connectivity index (χ4v) is 7.47. The molecule has 0 N–H and O–H groups in total. The molecule has 0 saturated carbocycles. The molecule has 0 aliphatic heterocycles. The lowest BCUT2D eigenvalue weighted by Crippen LogP contribution is -2.06. The van der Waals surface area contributed by atoms with Crippen LogP contribution in [0.25, 0.3) is 79.3 Å². The van der Waals surface area contributed by atoms with Crippen molar-refractivity contribution in [1.82, 2.24) is 24.1 Å². The summed E-state index contributed by atoms with van der Waals surface area (Å²) in [4.78, 5) is 15.2. The van der Waals surface area contributed by atoms with Gasteiger partial charge in [-0.05, 0) is 42.0 Å². The predicted octanol–water partition coefficient (Wildman–Crippen LogP) is 11.1. The van der Waals surface area contributed by atoms with E-state index >= 15 is 0 Å². The van der Waals surface area contributed by atoms with Gasteiger partial charge in [0.1, 0.15) is 0 Å². The Morgan fingerprint density at radius 1 is 0.431 bits per heavy atom. The Balaban J connectivity index is 1.15. The Bertz CT molecular complexity index is 2730. The number of para-hydroxylation sites is 3. The van der Waals surface area contributed by atoms with Gasteiger partial charge in [0.25, 0.3) is 0 Å². The molecule has 9 aromatic rings. The van der Waals surface area contributed by atoms with Crippen molar-refractivity contribution >= 4 is 44.9 Å². The molecule has 3 heterocycles. The molecule has 10 rings (SSSR count). The van der Waals surface area contributed by atoms with Crippen molar-refractivity contribution in [2.75, 3.05) is 0 Å². The number of aromatic nitrogens is 5. The largest absolute Gasteiger partial charge is 0.309 e. The molecule has 3 aromatic heterocycles. The zero-order chi connectivity index (χ0) is 33.7. The van der Waals surface area contributed by atoms with E-state index in [0.717, 1.165) is 38.6 Å². The van der Waals surface area contributed by atoms with Crippen LogP contribution in [-0.2, 0) is 0 Å². The summed E-state index contributed by atoms with van der Waals surface area (Å²) in [6.45, 7) is 0.